The Balaban J connectivity index is 1.54. The van der Waals surface area contributed by atoms with E-state index in [4.69, 9.17) is 12.2 Å². The Labute approximate surface area is 181 Å². The number of nitrogens with zero attached hydrogens (tertiary/aromatic N) is 1. The van der Waals surface area contributed by atoms with E-state index in [0.29, 0.717) is 27.6 Å². The molecule has 1 N–H and O–H groups in total. The molecule has 4 rings (SSSR count). The molecule has 1 saturated carbocycles. The number of rotatable bonds is 4. The van der Waals surface area contributed by atoms with Gasteiger partial charge in [-0.15, -0.1) is 11.3 Å². The number of thiocarbonyl (C=S) groups is 1. The van der Waals surface area contributed by atoms with Gasteiger partial charge in [0.1, 0.15) is 10.1 Å². The van der Waals surface area contributed by atoms with Crippen LogP contribution in [0.5, 0.6) is 0 Å². The number of thiophene rings is 1. The van der Waals surface area contributed by atoms with Gasteiger partial charge in [-0.2, -0.15) is 0 Å². The van der Waals surface area contributed by atoms with E-state index in [-0.39, 0.29) is 17.8 Å². The van der Waals surface area contributed by atoms with Crippen LogP contribution in [-0.4, -0.2) is 32.2 Å². The quantitative estimate of drug-likeness (QED) is 0.502. The van der Waals surface area contributed by atoms with Gasteiger partial charge in [0.25, 0.3) is 5.91 Å². The number of hydrogen-bond acceptors (Lipinski definition) is 5. The number of carboxylic acids is 1. The summed E-state index contributed by atoms with van der Waals surface area (Å²) in [6, 6.07) is 10.1. The van der Waals surface area contributed by atoms with Gasteiger partial charge in [-0.25, -0.2) is 4.39 Å². The van der Waals surface area contributed by atoms with E-state index >= 15 is 0 Å². The van der Waals surface area contributed by atoms with E-state index in [1.807, 2.05) is 12.1 Å². The fourth-order valence-electron chi connectivity index (χ4n) is 3.78. The van der Waals surface area contributed by atoms with E-state index in [9.17, 15) is 19.1 Å². The predicted molar refractivity (Wildman–Crippen MR) is 118 cm³/mol. The van der Waals surface area contributed by atoms with Crippen molar-refractivity contribution in [3.05, 3.63) is 52.0 Å². The van der Waals surface area contributed by atoms with Gasteiger partial charge in [-0.05, 0) is 43.5 Å². The minimum absolute atomic E-state index is 0.166. The molecule has 150 valence electrons. The number of thioether (sulfide) groups is 1. The summed E-state index contributed by atoms with van der Waals surface area (Å²) >= 11 is 8.08. The zero-order valence-electron chi connectivity index (χ0n) is 15.3. The molecule has 2 aromatic rings. The molecule has 29 heavy (non-hydrogen) atoms. The molecule has 1 amide bonds. The van der Waals surface area contributed by atoms with E-state index in [1.165, 1.54) is 29.2 Å². The van der Waals surface area contributed by atoms with Gasteiger partial charge < -0.3 is 5.11 Å². The van der Waals surface area contributed by atoms with Crippen LogP contribution in [0.2, 0.25) is 0 Å². The maximum Gasteiger partial charge on any atom is 0.306 e. The molecule has 1 aliphatic carbocycles. The van der Waals surface area contributed by atoms with Crippen LogP contribution in [0.1, 0.15) is 30.6 Å². The molecule has 8 heteroatoms. The van der Waals surface area contributed by atoms with Gasteiger partial charge in [0.05, 0.1) is 10.8 Å². The van der Waals surface area contributed by atoms with Gasteiger partial charge in [0.15, 0.2) is 0 Å². The number of benzene rings is 1. The molecule has 1 aromatic carbocycles. The van der Waals surface area contributed by atoms with Crippen LogP contribution >= 0.6 is 35.3 Å². The minimum Gasteiger partial charge on any atom is -0.481 e. The summed E-state index contributed by atoms with van der Waals surface area (Å²) < 4.78 is 14.5. The Bertz CT molecular complexity index is 1020. The summed E-state index contributed by atoms with van der Waals surface area (Å²) in [5.74, 6) is -1.69. The highest BCUT2D eigenvalue weighted by atomic mass is 32.2. The summed E-state index contributed by atoms with van der Waals surface area (Å²) in [6.07, 6.45) is 4.40. The van der Waals surface area contributed by atoms with Crippen LogP contribution in [0.15, 0.2) is 41.3 Å². The minimum atomic E-state index is -0.810. The van der Waals surface area contributed by atoms with Crippen molar-refractivity contribution in [1.29, 1.82) is 0 Å². The van der Waals surface area contributed by atoms with E-state index < -0.39 is 11.9 Å². The highest BCUT2D eigenvalue weighted by Gasteiger charge is 2.40. The fraction of sp³-hybridized carbons (Fsp3) is 0.286. The van der Waals surface area contributed by atoms with Gasteiger partial charge in [0.2, 0.25) is 0 Å². The molecule has 2 aliphatic rings. The van der Waals surface area contributed by atoms with E-state index in [0.717, 1.165) is 22.6 Å². The topological polar surface area (TPSA) is 57.6 Å². The highest BCUT2D eigenvalue weighted by Crippen LogP contribution is 2.40. The molecular weight excluding hydrogens is 429 g/mol. The Hall–Kier alpha value is -2.03. The number of carbonyl (C=O) groups excluding carboxylic acids is 1. The normalized spacial score (nSPS) is 23.8. The van der Waals surface area contributed by atoms with Crippen molar-refractivity contribution in [2.24, 2.45) is 5.92 Å². The van der Waals surface area contributed by atoms with Gasteiger partial charge in [-0.3, -0.25) is 14.5 Å². The third-order valence-corrected chi connectivity index (χ3v) is 7.62. The maximum absolute atomic E-state index is 14.0. The maximum atomic E-state index is 14.0. The van der Waals surface area contributed by atoms with Crippen molar-refractivity contribution in [3.63, 3.8) is 0 Å². The van der Waals surface area contributed by atoms with Crippen molar-refractivity contribution in [1.82, 2.24) is 4.90 Å². The Morgan fingerprint density at radius 3 is 2.79 bits per heavy atom. The highest BCUT2D eigenvalue weighted by molar-refractivity contribution is 8.26. The Morgan fingerprint density at radius 2 is 2.03 bits per heavy atom. The second-order valence-corrected chi connectivity index (χ2v) is 9.88. The van der Waals surface area contributed by atoms with Gasteiger partial charge in [-0.1, -0.05) is 48.6 Å². The molecule has 0 radical (unpaired) electrons. The summed E-state index contributed by atoms with van der Waals surface area (Å²) in [5.41, 5.74) is 0.534. The van der Waals surface area contributed by atoms with Crippen molar-refractivity contribution >= 4 is 57.6 Å². The largest absolute Gasteiger partial charge is 0.481 e. The zero-order valence-corrected chi connectivity index (χ0v) is 17.8. The summed E-state index contributed by atoms with van der Waals surface area (Å²) in [6.45, 7) is 0. The lowest BCUT2D eigenvalue weighted by Crippen LogP contribution is -2.42. The third-order valence-electron chi connectivity index (χ3n) is 5.22. The molecule has 2 fully saturated rings. The molecule has 0 bridgehead atoms. The third kappa shape index (κ3) is 4.15. The lowest BCUT2D eigenvalue weighted by Gasteiger charge is -2.32. The number of amides is 1. The average molecular weight is 448 g/mol. The van der Waals surface area contributed by atoms with Crippen LogP contribution < -0.4 is 0 Å². The second-order valence-electron chi connectivity index (χ2n) is 7.09. The van der Waals surface area contributed by atoms with Gasteiger partial charge in [0, 0.05) is 21.4 Å². The van der Waals surface area contributed by atoms with Crippen molar-refractivity contribution in [3.8, 4) is 10.4 Å². The van der Waals surface area contributed by atoms with E-state index in [2.05, 4.69) is 0 Å². The van der Waals surface area contributed by atoms with E-state index in [1.54, 1.807) is 29.2 Å². The van der Waals surface area contributed by atoms with Gasteiger partial charge >= 0.3 is 5.97 Å². The number of halogens is 1. The first-order valence-corrected chi connectivity index (χ1v) is 11.3. The van der Waals surface area contributed by atoms with Crippen LogP contribution in [0.4, 0.5) is 4.39 Å². The lowest BCUT2D eigenvalue weighted by atomic mass is 9.85. The molecule has 0 spiro atoms. The van der Waals surface area contributed by atoms with Crippen LogP contribution in [0.3, 0.4) is 0 Å². The molecule has 1 aliphatic heterocycles. The molecule has 2 atom stereocenters. The first-order valence-electron chi connectivity index (χ1n) is 9.28. The summed E-state index contributed by atoms with van der Waals surface area (Å²) in [7, 11) is 0. The van der Waals surface area contributed by atoms with Crippen LogP contribution in [-0.2, 0) is 9.59 Å². The number of carboxylic acid groups (broad SMARTS) is 1. The molecule has 2 heterocycles. The summed E-state index contributed by atoms with van der Waals surface area (Å²) in [5, 5.41) is 9.32. The fourth-order valence-corrected chi connectivity index (χ4v) is 6.23. The molecule has 2 unspecified atom stereocenters. The average Bonchev–Trinajstić information content (AvgIpc) is 3.27. The molecule has 1 saturated heterocycles. The first-order chi connectivity index (χ1) is 13.9. The zero-order chi connectivity index (χ0) is 20.5. The van der Waals surface area contributed by atoms with Crippen molar-refractivity contribution < 1.29 is 19.1 Å². The SMILES string of the molecule is O=C(O)C1CCCC(N2C(=O)/C(=C\c3ccc(-c4ccccc4F)s3)SC2=S)C1. The molecular formula is C21H18FNO3S3. The predicted octanol–water partition coefficient (Wildman–Crippen LogP) is 5.40. The number of hydrogen-bond donors (Lipinski definition) is 1. The first kappa shape index (κ1) is 20.3. The second kappa shape index (κ2) is 8.38. The Kier molecular flexibility index (Phi) is 5.85. The smallest absolute Gasteiger partial charge is 0.306 e. The molecule has 1 aromatic heterocycles. The number of carbonyl (C=O) groups is 2. The summed E-state index contributed by atoms with van der Waals surface area (Å²) in [4.78, 5) is 28.1. The Morgan fingerprint density at radius 1 is 1.24 bits per heavy atom. The van der Waals surface area contributed by atoms with Crippen LogP contribution in [0.25, 0.3) is 16.5 Å². The van der Waals surface area contributed by atoms with Crippen LogP contribution in [0, 0.1) is 11.7 Å². The molecule has 4 nitrogen and oxygen atoms in total. The lowest BCUT2D eigenvalue weighted by molar-refractivity contribution is -0.144. The van der Waals surface area contributed by atoms with Crippen molar-refractivity contribution in [2.45, 2.75) is 31.7 Å². The standard InChI is InChI=1S/C21H18FNO3S3/c22-16-7-2-1-6-15(16)17-9-8-14(28-17)11-18-19(24)23(21(27)29-18)13-5-3-4-12(10-13)20(25)26/h1-2,6-9,11-13H,3-5,10H2,(H,25,26)/b18-11+. The van der Waals surface area contributed by atoms with Crippen molar-refractivity contribution in [2.75, 3.05) is 0 Å². The number of aliphatic carboxylic acids is 1. The monoisotopic (exact) mass is 447 g/mol.